The number of carbonyl (C=O) groups is 1. The van der Waals surface area contributed by atoms with Crippen LogP contribution in [0.1, 0.15) is 10.6 Å². The molecule has 1 heterocycles. The lowest BCUT2D eigenvalue weighted by molar-refractivity contribution is 0.102. The molecular weight excluding hydrogens is 246 g/mol. The Kier molecular flexibility index (Phi) is 4.25. The standard InChI is InChI=1S/C14H13NO2S/c1-18-14(15-11-6-3-2-4-7-11)10-12(16)13-8-5-9-17-13/h2-10,15H,1H3/b14-10+. The normalized spacial score (nSPS) is 11.3. The Morgan fingerprint density at radius 3 is 2.61 bits per heavy atom. The van der Waals surface area contributed by atoms with E-state index in [4.69, 9.17) is 4.42 Å². The van der Waals surface area contributed by atoms with Crippen molar-refractivity contribution < 1.29 is 9.21 Å². The fourth-order valence-corrected chi connectivity index (χ4v) is 1.86. The van der Waals surface area contributed by atoms with Gasteiger partial charge in [0.25, 0.3) is 0 Å². The fourth-order valence-electron chi connectivity index (χ4n) is 1.42. The van der Waals surface area contributed by atoms with Gasteiger partial charge in [0.15, 0.2) is 5.76 Å². The average molecular weight is 259 g/mol. The van der Waals surface area contributed by atoms with Crippen LogP contribution in [0.5, 0.6) is 0 Å². The third kappa shape index (κ3) is 3.28. The zero-order valence-corrected chi connectivity index (χ0v) is 10.7. The number of nitrogens with one attached hydrogen (secondary N) is 1. The van der Waals surface area contributed by atoms with Gasteiger partial charge in [0, 0.05) is 11.8 Å². The molecule has 0 aliphatic carbocycles. The van der Waals surface area contributed by atoms with Crippen LogP contribution in [-0.4, -0.2) is 12.0 Å². The van der Waals surface area contributed by atoms with Crippen LogP contribution < -0.4 is 5.32 Å². The van der Waals surface area contributed by atoms with Gasteiger partial charge in [-0.25, -0.2) is 0 Å². The maximum absolute atomic E-state index is 11.8. The highest BCUT2D eigenvalue weighted by Crippen LogP contribution is 2.17. The molecule has 0 saturated carbocycles. The van der Waals surface area contributed by atoms with Gasteiger partial charge in [-0.2, -0.15) is 0 Å². The maximum Gasteiger partial charge on any atom is 0.223 e. The number of anilines is 1. The summed E-state index contributed by atoms with van der Waals surface area (Å²) in [4.78, 5) is 11.8. The van der Waals surface area contributed by atoms with E-state index >= 15 is 0 Å². The summed E-state index contributed by atoms with van der Waals surface area (Å²) in [6, 6.07) is 13.1. The second kappa shape index (κ2) is 6.12. The van der Waals surface area contributed by atoms with E-state index in [-0.39, 0.29) is 5.78 Å². The minimum Gasteiger partial charge on any atom is -0.461 e. The molecule has 0 aliphatic heterocycles. The number of carbonyl (C=O) groups excluding carboxylic acids is 1. The van der Waals surface area contributed by atoms with Crippen molar-refractivity contribution in [2.75, 3.05) is 11.6 Å². The molecule has 92 valence electrons. The number of furan rings is 1. The first-order chi connectivity index (χ1) is 8.79. The van der Waals surface area contributed by atoms with Gasteiger partial charge in [-0.3, -0.25) is 4.79 Å². The molecule has 0 amide bonds. The molecule has 0 unspecified atom stereocenters. The Labute approximate surface area is 110 Å². The first-order valence-corrected chi connectivity index (χ1v) is 6.67. The van der Waals surface area contributed by atoms with Crippen molar-refractivity contribution >= 4 is 23.2 Å². The molecule has 1 aromatic heterocycles. The van der Waals surface area contributed by atoms with Crippen LogP contribution in [0.4, 0.5) is 5.69 Å². The van der Waals surface area contributed by atoms with E-state index in [1.165, 1.54) is 24.1 Å². The van der Waals surface area contributed by atoms with Gasteiger partial charge >= 0.3 is 0 Å². The minimum atomic E-state index is -0.146. The summed E-state index contributed by atoms with van der Waals surface area (Å²) in [5.41, 5.74) is 0.949. The molecule has 0 fully saturated rings. The van der Waals surface area contributed by atoms with Crippen LogP contribution in [0.15, 0.2) is 64.2 Å². The van der Waals surface area contributed by atoms with Gasteiger partial charge in [0.05, 0.1) is 11.3 Å². The number of ketones is 1. The fraction of sp³-hybridized carbons (Fsp3) is 0.0714. The summed E-state index contributed by atoms with van der Waals surface area (Å²) in [7, 11) is 0. The minimum absolute atomic E-state index is 0.146. The average Bonchev–Trinajstić information content (AvgIpc) is 2.93. The monoisotopic (exact) mass is 259 g/mol. The van der Waals surface area contributed by atoms with Crippen LogP contribution in [0.25, 0.3) is 0 Å². The lowest BCUT2D eigenvalue weighted by atomic mass is 10.3. The summed E-state index contributed by atoms with van der Waals surface area (Å²) in [5.74, 6) is 0.198. The lowest BCUT2D eigenvalue weighted by Gasteiger charge is -2.07. The molecule has 1 aromatic carbocycles. The third-order valence-electron chi connectivity index (χ3n) is 2.29. The molecule has 2 rings (SSSR count). The van der Waals surface area contributed by atoms with Gasteiger partial charge in [-0.1, -0.05) is 18.2 Å². The molecule has 0 spiro atoms. The smallest absolute Gasteiger partial charge is 0.223 e. The highest BCUT2D eigenvalue weighted by molar-refractivity contribution is 8.02. The van der Waals surface area contributed by atoms with Crippen LogP contribution >= 0.6 is 11.8 Å². The van der Waals surface area contributed by atoms with Crippen molar-refractivity contribution in [3.63, 3.8) is 0 Å². The summed E-state index contributed by atoms with van der Waals surface area (Å²) >= 11 is 1.48. The number of para-hydroxylation sites is 1. The second-order valence-electron chi connectivity index (χ2n) is 3.55. The highest BCUT2D eigenvalue weighted by Gasteiger charge is 2.07. The summed E-state index contributed by atoms with van der Waals surface area (Å²) in [6.45, 7) is 0. The van der Waals surface area contributed by atoms with E-state index in [1.54, 1.807) is 12.1 Å². The molecular formula is C14H13NO2S. The number of benzene rings is 1. The van der Waals surface area contributed by atoms with Crippen molar-refractivity contribution in [3.05, 3.63) is 65.6 Å². The zero-order chi connectivity index (χ0) is 12.8. The molecule has 4 heteroatoms. The molecule has 0 atom stereocenters. The van der Waals surface area contributed by atoms with Crippen molar-refractivity contribution in [2.45, 2.75) is 0 Å². The van der Waals surface area contributed by atoms with Crippen molar-refractivity contribution in [1.29, 1.82) is 0 Å². The zero-order valence-electron chi connectivity index (χ0n) is 9.92. The second-order valence-corrected chi connectivity index (χ2v) is 4.39. The molecule has 2 aromatic rings. The molecule has 3 nitrogen and oxygen atoms in total. The van der Waals surface area contributed by atoms with E-state index in [0.29, 0.717) is 5.76 Å². The Hall–Kier alpha value is -1.94. The van der Waals surface area contributed by atoms with E-state index < -0.39 is 0 Å². The van der Waals surface area contributed by atoms with Gasteiger partial charge in [-0.15, -0.1) is 11.8 Å². The number of rotatable bonds is 5. The Morgan fingerprint density at radius 1 is 1.22 bits per heavy atom. The van der Waals surface area contributed by atoms with Crippen molar-refractivity contribution in [3.8, 4) is 0 Å². The third-order valence-corrected chi connectivity index (χ3v) is 2.95. The predicted octanol–water partition coefficient (Wildman–Crippen LogP) is 3.78. The number of hydrogen-bond donors (Lipinski definition) is 1. The Bertz CT molecular complexity index is 532. The number of allylic oxidation sites excluding steroid dienone is 1. The van der Waals surface area contributed by atoms with Crippen LogP contribution in [0.3, 0.4) is 0 Å². The van der Waals surface area contributed by atoms with Gasteiger partial charge in [-0.05, 0) is 30.5 Å². The molecule has 18 heavy (non-hydrogen) atoms. The Balaban J connectivity index is 2.11. The molecule has 0 saturated heterocycles. The largest absolute Gasteiger partial charge is 0.461 e. The molecule has 0 bridgehead atoms. The summed E-state index contributed by atoms with van der Waals surface area (Å²) in [6.07, 6.45) is 4.94. The van der Waals surface area contributed by atoms with Gasteiger partial charge in [0.2, 0.25) is 5.78 Å². The highest BCUT2D eigenvalue weighted by atomic mass is 32.2. The maximum atomic E-state index is 11.8. The quantitative estimate of drug-likeness (QED) is 0.655. The van der Waals surface area contributed by atoms with Crippen molar-refractivity contribution in [1.82, 2.24) is 0 Å². The topological polar surface area (TPSA) is 42.2 Å². The SMILES string of the molecule is CS/C(=C/C(=O)c1ccco1)Nc1ccccc1. The van der Waals surface area contributed by atoms with Crippen LogP contribution in [0, 0.1) is 0 Å². The van der Waals surface area contributed by atoms with Gasteiger partial charge < -0.3 is 9.73 Å². The van der Waals surface area contributed by atoms with E-state index in [9.17, 15) is 4.79 Å². The van der Waals surface area contributed by atoms with Crippen molar-refractivity contribution in [2.24, 2.45) is 0 Å². The first-order valence-electron chi connectivity index (χ1n) is 5.45. The molecule has 0 aliphatic rings. The van der Waals surface area contributed by atoms with E-state index in [1.807, 2.05) is 36.6 Å². The number of thioether (sulfide) groups is 1. The van der Waals surface area contributed by atoms with Gasteiger partial charge in [0.1, 0.15) is 0 Å². The summed E-state index contributed by atoms with van der Waals surface area (Å²) in [5, 5.41) is 3.96. The van der Waals surface area contributed by atoms with Crippen LogP contribution in [-0.2, 0) is 0 Å². The van der Waals surface area contributed by atoms with Crippen LogP contribution in [0.2, 0.25) is 0 Å². The first kappa shape index (κ1) is 12.5. The predicted molar refractivity (Wildman–Crippen MR) is 74.7 cm³/mol. The lowest BCUT2D eigenvalue weighted by Crippen LogP contribution is -2.00. The van der Waals surface area contributed by atoms with E-state index in [0.717, 1.165) is 10.7 Å². The Morgan fingerprint density at radius 2 is 2.00 bits per heavy atom. The molecule has 1 N–H and O–H groups in total. The number of hydrogen-bond acceptors (Lipinski definition) is 4. The molecule has 0 radical (unpaired) electrons. The van der Waals surface area contributed by atoms with E-state index in [2.05, 4.69) is 5.32 Å². The summed E-state index contributed by atoms with van der Waals surface area (Å²) < 4.78 is 5.06.